The molecule has 0 fully saturated rings. The first-order valence-corrected chi connectivity index (χ1v) is 4.74. The highest BCUT2D eigenvalue weighted by Crippen LogP contribution is 2.14. The molecule has 0 aromatic heterocycles. The van der Waals surface area contributed by atoms with Crippen LogP contribution in [0.15, 0.2) is 18.2 Å². The van der Waals surface area contributed by atoms with Crippen molar-refractivity contribution < 1.29 is 9.90 Å². The monoisotopic (exact) mass is 276 g/mol. The van der Waals surface area contributed by atoms with E-state index in [2.05, 4.69) is 22.6 Å². The minimum absolute atomic E-state index is 0.415. The van der Waals surface area contributed by atoms with Gasteiger partial charge in [-0.1, -0.05) is 6.92 Å². The number of carboxylic acids is 1. The Morgan fingerprint density at radius 3 is 2.75 bits per heavy atom. The maximum absolute atomic E-state index is 10.7. The van der Waals surface area contributed by atoms with Gasteiger partial charge in [-0.3, -0.25) is 0 Å². The van der Waals surface area contributed by atoms with Gasteiger partial charge < -0.3 is 5.11 Å². The lowest BCUT2D eigenvalue weighted by atomic mass is 10.1. The molecule has 1 rings (SSSR count). The normalized spacial score (nSPS) is 9.83. The van der Waals surface area contributed by atoms with E-state index in [1.807, 2.05) is 19.1 Å². The van der Waals surface area contributed by atoms with Crippen molar-refractivity contribution in [2.24, 2.45) is 0 Å². The van der Waals surface area contributed by atoms with Crippen molar-refractivity contribution in [1.29, 1.82) is 0 Å². The first-order valence-electron chi connectivity index (χ1n) is 3.67. The van der Waals surface area contributed by atoms with Gasteiger partial charge in [0.05, 0.1) is 5.56 Å². The van der Waals surface area contributed by atoms with Crippen molar-refractivity contribution in [2.75, 3.05) is 0 Å². The Kier molecular flexibility index (Phi) is 3.08. The van der Waals surface area contributed by atoms with Crippen molar-refractivity contribution in [3.63, 3.8) is 0 Å². The van der Waals surface area contributed by atoms with Gasteiger partial charge >= 0.3 is 5.97 Å². The van der Waals surface area contributed by atoms with Crippen molar-refractivity contribution in [2.45, 2.75) is 13.3 Å². The van der Waals surface area contributed by atoms with Gasteiger partial charge in [-0.2, -0.15) is 0 Å². The molecule has 1 N–H and O–H groups in total. The fraction of sp³-hybridized carbons (Fsp3) is 0.222. The summed E-state index contributed by atoms with van der Waals surface area (Å²) in [6.45, 7) is 1.96. The minimum Gasteiger partial charge on any atom is -0.478 e. The molecule has 0 amide bonds. The number of carboxylic acid groups (broad SMARTS) is 1. The van der Waals surface area contributed by atoms with Gasteiger partial charge in [-0.15, -0.1) is 0 Å². The molecule has 0 aliphatic rings. The molecule has 0 heterocycles. The lowest BCUT2D eigenvalue weighted by molar-refractivity contribution is 0.0695. The summed E-state index contributed by atoms with van der Waals surface area (Å²) in [6.07, 6.45) is 0.762. The Balaban J connectivity index is 3.20. The van der Waals surface area contributed by atoms with E-state index in [4.69, 9.17) is 5.11 Å². The highest BCUT2D eigenvalue weighted by atomic mass is 127. The standard InChI is InChI=1S/C9H9IO2/c1-2-6-5-7(10)3-4-8(6)9(11)12/h3-5H,2H2,1H3,(H,11,12). The number of benzene rings is 1. The molecule has 0 spiro atoms. The van der Waals surface area contributed by atoms with Crippen LogP contribution < -0.4 is 0 Å². The highest BCUT2D eigenvalue weighted by molar-refractivity contribution is 14.1. The predicted molar refractivity (Wildman–Crippen MR) is 55.5 cm³/mol. The number of hydrogen-bond donors (Lipinski definition) is 1. The Hall–Kier alpha value is -0.580. The highest BCUT2D eigenvalue weighted by Gasteiger charge is 2.07. The Labute approximate surface area is 84.7 Å². The minimum atomic E-state index is -0.844. The van der Waals surface area contributed by atoms with Crippen molar-refractivity contribution >= 4 is 28.6 Å². The predicted octanol–water partition coefficient (Wildman–Crippen LogP) is 2.55. The van der Waals surface area contributed by atoms with E-state index < -0.39 is 5.97 Å². The molecule has 0 atom stereocenters. The number of aromatic carboxylic acids is 1. The van der Waals surface area contributed by atoms with Crippen molar-refractivity contribution in [3.05, 3.63) is 32.9 Å². The largest absolute Gasteiger partial charge is 0.478 e. The van der Waals surface area contributed by atoms with Crippen LogP contribution >= 0.6 is 22.6 Å². The summed E-state index contributed by atoms with van der Waals surface area (Å²) in [5.41, 5.74) is 1.31. The van der Waals surface area contributed by atoms with Crippen LogP contribution in [-0.2, 0) is 6.42 Å². The molecular weight excluding hydrogens is 267 g/mol. The van der Waals surface area contributed by atoms with Gasteiger partial charge in [0.15, 0.2) is 0 Å². The van der Waals surface area contributed by atoms with Crippen LogP contribution in [0.1, 0.15) is 22.8 Å². The van der Waals surface area contributed by atoms with E-state index in [1.54, 1.807) is 6.07 Å². The fourth-order valence-corrected chi connectivity index (χ4v) is 1.62. The molecule has 64 valence electrons. The summed E-state index contributed by atoms with van der Waals surface area (Å²) in [7, 11) is 0. The maximum Gasteiger partial charge on any atom is 0.335 e. The van der Waals surface area contributed by atoms with Crippen LogP contribution in [0.4, 0.5) is 0 Å². The van der Waals surface area contributed by atoms with E-state index in [1.165, 1.54) is 0 Å². The number of carbonyl (C=O) groups is 1. The van der Waals surface area contributed by atoms with Gasteiger partial charge in [0.25, 0.3) is 0 Å². The third-order valence-electron chi connectivity index (χ3n) is 1.68. The van der Waals surface area contributed by atoms with Crippen LogP contribution in [0.5, 0.6) is 0 Å². The lowest BCUT2D eigenvalue weighted by Gasteiger charge is -2.02. The van der Waals surface area contributed by atoms with E-state index in [0.29, 0.717) is 5.56 Å². The van der Waals surface area contributed by atoms with Gasteiger partial charge in [0.1, 0.15) is 0 Å². The second-order valence-corrected chi connectivity index (χ2v) is 3.71. The van der Waals surface area contributed by atoms with Crippen LogP contribution in [0, 0.1) is 3.57 Å². The first kappa shape index (κ1) is 9.51. The summed E-state index contributed by atoms with van der Waals surface area (Å²) in [4.78, 5) is 10.7. The molecule has 1 aromatic carbocycles. The van der Waals surface area contributed by atoms with E-state index >= 15 is 0 Å². The van der Waals surface area contributed by atoms with Crippen molar-refractivity contribution in [3.8, 4) is 0 Å². The summed E-state index contributed by atoms with van der Waals surface area (Å²) >= 11 is 2.18. The zero-order valence-corrected chi connectivity index (χ0v) is 8.83. The fourth-order valence-electron chi connectivity index (χ4n) is 1.06. The Morgan fingerprint density at radius 2 is 2.25 bits per heavy atom. The topological polar surface area (TPSA) is 37.3 Å². The molecule has 0 aliphatic carbocycles. The Bertz CT molecular complexity index is 307. The van der Waals surface area contributed by atoms with Gasteiger partial charge in [-0.05, 0) is 52.8 Å². The number of hydrogen-bond acceptors (Lipinski definition) is 1. The van der Waals surface area contributed by atoms with Crippen molar-refractivity contribution in [1.82, 2.24) is 0 Å². The molecule has 0 radical (unpaired) electrons. The molecule has 12 heavy (non-hydrogen) atoms. The third kappa shape index (κ3) is 1.97. The average Bonchev–Trinajstić information content (AvgIpc) is 2.03. The number of halogens is 1. The second-order valence-electron chi connectivity index (χ2n) is 2.46. The molecule has 0 saturated carbocycles. The number of aryl methyl sites for hydroxylation is 1. The third-order valence-corrected chi connectivity index (χ3v) is 2.35. The Morgan fingerprint density at radius 1 is 1.58 bits per heavy atom. The average molecular weight is 276 g/mol. The zero-order valence-electron chi connectivity index (χ0n) is 6.67. The number of rotatable bonds is 2. The molecule has 3 heteroatoms. The summed E-state index contributed by atoms with van der Waals surface area (Å²) in [5.74, 6) is -0.844. The second kappa shape index (κ2) is 3.89. The van der Waals surface area contributed by atoms with Crippen LogP contribution in [0.25, 0.3) is 0 Å². The molecule has 2 nitrogen and oxygen atoms in total. The van der Waals surface area contributed by atoms with Crippen LogP contribution in [0.3, 0.4) is 0 Å². The first-order chi connectivity index (χ1) is 5.65. The zero-order chi connectivity index (χ0) is 9.14. The summed E-state index contributed by atoms with van der Waals surface area (Å²) in [6, 6.07) is 5.37. The quantitative estimate of drug-likeness (QED) is 0.843. The molecule has 0 bridgehead atoms. The van der Waals surface area contributed by atoms with E-state index in [0.717, 1.165) is 15.6 Å². The van der Waals surface area contributed by atoms with Gasteiger partial charge in [0.2, 0.25) is 0 Å². The van der Waals surface area contributed by atoms with Crippen LogP contribution in [0.2, 0.25) is 0 Å². The molecule has 0 unspecified atom stereocenters. The van der Waals surface area contributed by atoms with Gasteiger partial charge in [0, 0.05) is 3.57 Å². The summed E-state index contributed by atoms with van der Waals surface area (Å²) < 4.78 is 1.08. The van der Waals surface area contributed by atoms with Crippen LogP contribution in [-0.4, -0.2) is 11.1 Å². The summed E-state index contributed by atoms with van der Waals surface area (Å²) in [5, 5.41) is 8.79. The lowest BCUT2D eigenvalue weighted by Crippen LogP contribution is -2.01. The molecular formula is C9H9IO2. The molecule has 0 aliphatic heterocycles. The smallest absolute Gasteiger partial charge is 0.335 e. The maximum atomic E-state index is 10.7. The molecule has 1 aromatic rings. The van der Waals surface area contributed by atoms with E-state index in [-0.39, 0.29) is 0 Å². The van der Waals surface area contributed by atoms with E-state index in [9.17, 15) is 4.79 Å². The molecule has 0 saturated heterocycles. The van der Waals surface area contributed by atoms with Gasteiger partial charge in [-0.25, -0.2) is 4.79 Å². The SMILES string of the molecule is CCc1cc(I)ccc1C(=O)O.